The maximum absolute atomic E-state index is 12.5. The topological polar surface area (TPSA) is 60.2 Å². The number of ketones is 1. The molecule has 0 saturated carbocycles. The summed E-state index contributed by atoms with van der Waals surface area (Å²) in [6.07, 6.45) is 7.58. The van der Waals surface area contributed by atoms with Crippen LogP contribution < -0.4 is 0 Å². The van der Waals surface area contributed by atoms with E-state index < -0.39 is 6.04 Å². The Labute approximate surface area is 117 Å². The summed E-state index contributed by atoms with van der Waals surface area (Å²) in [6.45, 7) is 0. The van der Waals surface area contributed by atoms with Crippen LogP contribution in [0.1, 0.15) is 47.5 Å². The van der Waals surface area contributed by atoms with Gasteiger partial charge in [0.2, 0.25) is 5.78 Å². The molecule has 104 valence electrons. The number of hydrogen-bond acceptors (Lipinski definition) is 3. The molecule has 0 saturated heterocycles. The van der Waals surface area contributed by atoms with E-state index in [4.69, 9.17) is 0 Å². The van der Waals surface area contributed by atoms with Crippen LogP contribution in [0, 0.1) is 16.0 Å². The number of hydrogen-bond donors (Lipinski definition) is 0. The molecule has 0 unspecified atom stereocenters. The third-order valence-corrected chi connectivity index (χ3v) is 4.52. The van der Waals surface area contributed by atoms with Crippen molar-refractivity contribution in [2.45, 2.75) is 37.6 Å². The largest absolute Gasteiger partial charge is 0.286 e. The van der Waals surface area contributed by atoms with E-state index in [0.717, 1.165) is 24.8 Å². The molecule has 3 rings (SSSR count). The van der Waals surface area contributed by atoms with Crippen molar-refractivity contribution in [3.8, 4) is 0 Å². The highest BCUT2D eigenvalue weighted by Gasteiger charge is 2.48. The molecule has 3 atom stereocenters. The van der Waals surface area contributed by atoms with Gasteiger partial charge in [-0.2, -0.15) is 0 Å². The first kappa shape index (κ1) is 13.0. The summed E-state index contributed by atoms with van der Waals surface area (Å²) in [6, 6.07) is 6.34. The van der Waals surface area contributed by atoms with Gasteiger partial charge < -0.3 is 0 Å². The minimum atomic E-state index is -1.07. The quantitative estimate of drug-likeness (QED) is 0.447. The Bertz CT molecular complexity index is 579. The molecular formula is C16H17NO3. The first-order valence-electron chi connectivity index (χ1n) is 7.12. The molecular weight excluding hydrogens is 254 g/mol. The predicted molar refractivity (Wildman–Crippen MR) is 75.4 cm³/mol. The lowest BCUT2D eigenvalue weighted by molar-refractivity contribution is -0.516. The van der Waals surface area contributed by atoms with Crippen LogP contribution in [0.2, 0.25) is 0 Å². The van der Waals surface area contributed by atoms with Crippen LogP contribution in [0.15, 0.2) is 36.4 Å². The number of carbonyl (C=O) groups is 1. The highest BCUT2D eigenvalue weighted by Crippen LogP contribution is 2.43. The fourth-order valence-corrected chi connectivity index (χ4v) is 3.63. The zero-order valence-electron chi connectivity index (χ0n) is 11.2. The third-order valence-electron chi connectivity index (χ3n) is 4.52. The maximum Gasteiger partial charge on any atom is 0.278 e. The number of nitrogens with zero attached hydrogens (tertiary/aromatic N) is 1. The number of nitro groups is 1. The van der Waals surface area contributed by atoms with E-state index in [2.05, 4.69) is 12.2 Å². The lowest BCUT2D eigenvalue weighted by atomic mass is 9.68. The monoisotopic (exact) mass is 271 g/mol. The normalized spacial score (nSPS) is 30.6. The van der Waals surface area contributed by atoms with E-state index in [0.29, 0.717) is 12.0 Å². The van der Waals surface area contributed by atoms with Crippen LogP contribution in [-0.2, 0) is 0 Å². The molecule has 2 aliphatic carbocycles. The molecule has 0 heterocycles. The van der Waals surface area contributed by atoms with Gasteiger partial charge in [-0.25, -0.2) is 0 Å². The van der Waals surface area contributed by atoms with Gasteiger partial charge in [0.1, 0.15) is 0 Å². The maximum atomic E-state index is 12.5. The van der Waals surface area contributed by atoms with E-state index in [1.54, 1.807) is 12.1 Å². The molecule has 0 spiro atoms. The van der Waals surface area contributed by atoms with Gasteiger partial charge in [-0.05, 0) is 37.2 Å². The Morgan fingerprint density at radius 2 is 1.80 bits per heavy atom. The lowest BCUT2D eigenvalue weighted by Gasteiger charge is -2.35. The molecule has 0 bridgehead atoms. The fraction of sp³-hybridized carbons (Fsp3) is 0.438. The Morgan fingerprint density at radius 1 is 1.10 bits per heavy atom. The van der Waals surface area contributed by atoms with Gasteiger partial charge in [0.15, 0.2) is 0 Å². The molecule has 0 N–H and O–H groups in total. The fourth-order valence-electron chi connectivity index (χ4n) is 3.63. The van der Waals surface area contributed by atoms with Crippen molar-refractivity contribution in [2.75, 3.05) is 0 Å². The molecule has 0 radical (unpaired) electrons. The van der Waals surface area contributed by atoms with Crippen LogP contribution in [-0.4, -0.2) is 16.7 Å². The van der Waals surface area contributed by atoms with E-state index >= 15 is 0 Å². The molecule has 1 aromatic rings. The average Bonchev–Trinajstić information content (AvgIpc) is 2.40. The summed E-state index contributed by atoms with van der Waals surface area (Å²) < 4.78 is 0. The molecule has 0 fully saturated rings. The summed E-state index contributed by atoms with van der Waals surface area (Å²) in [5.74, 6) is -0.349. The van der Waals surface area contributed by atoms with Crippen LogP contribution >= 0.6 is 0 Å². The van der Waals surface area contributed by atoms with E-state index in [1.807, 2.05) is 12.1 Å². The Kier molecular flexibility index (Phi) is 3.38. The van der Waals surface area contributed by atoms with Gasteiger partial charge in [-0.15, -0.1) is 0 Å². The predicted octanol–water partition coefficient (Wildman–Crippen LogP) is 3.36. The smallest absolute Gasteiger partial charge is 0.278 e. The van der Waals surface area contributed by atoms with Crippen molar-refractivity contribution >= 4 is 5.78 Å². The van der Waals surface area contributed by atoms with E-state index in [-0.39, 0.29) is 22.5 Å². The standard InChI is InChI=1S/C16H17NO3/c18-16-14-10-6-5-8-12(14)11-7-3-1-2-4-9-13(11)15(16)17(19)20/h1-2,5-6,8,10-11,13,15H,3-4,7,9H2/b2-1-/t11-,13+,15-/m0/s1. The molecule has 4 nitrogen and oxygen atoms in total. The summed E-state index contributed by atoms with van der Waals surface area (Å²) in [5.41, 5.74) is 1.57. The van der Waals surface area contributed by atoms with Crippen LogP contribution in [0.5, 0.6) is 0 Å². The van der Waals surface area contributed by atoms with Crippen molar-refractivity contribution in [1.29, 1.82) is 0 Å². The minimum absolute atomic E-state index is 0.129. The molecule has 0 amide bonds. The molecule has 1 aromatic carbocycles. The highest BCUT2D eigenvalue weighted by atomic mass is 16.6. The average molecular weight is 271 g/mol. The van der Waals surface area contributed by atoms with Crippen molar-refractivity contribution in [1.82, 2.24) is 0 Å². The van der Waals surface area contributed by atoms with Gasteiger partial charge >= 0.3 is 0 Å². The number of Topliss-reactive ketones (excluding diaryl/α,β-unsaturated/α-hetero) is 1. The second-order valence-corrected chi connectivity index (χ2v) is 5.58. The Morgan fingerprint density at radius 3 is 2.55 bits per heavy atom. The Hall–Kier alpha value is -1.97. The van der Waals surface area contributed by atoms with Gasteiger partial charge in [0.05, 0.1) is 0 Å². The van der Waals surface area contributed by atoms with Crippen molar-refractivity contribution in [3.63, 3.8) is 0 Å². The minimum Gasteiger partial charge on any atom is -0.286 e. The van der Waals surface area contributed by atoms with Crippen molar-refractivity contribution in [2.24, 2.45) is 5.92 Å². The SMILES string of the molecule is O=C1c2ccccc2[C@@H]2CC/C=C\CC[C@H]2[C@@H]1[N+](=O)[O-]. The first-order chi connectivity index (χ1) is 9.70. The highest BCUT2D eigenvalue weighted by molar-refractivity contribution is 6.02. The van der Waals surface area contributed by atoms with Gasteiger partial charge in [0.25, 0.3) is 6.04 Å². The first-order valence-corrected chi connectivity index (χ1v) is 7.12. The zero-order valence-corrected chi connectivity index (χ0v) is 11.2. The third kappa shape index (κ3) is 2.05. The number of fused-ring (bicyclic) bond motifs is 3. The van der Waals surface area contributed by atoms with Crippen LogP contribution in [0.4, 0.5) is 0 Å². The second-order valence-electron chi connectivity index (χ2n) is 5.58. The van der Waals surface area contributed by atoms with E-state index in [9.17, 15) is 14.9 Å². The van der Waals surface area contributed by atoms with Gasteiger partial charge in [0, 0.05) is 16.4 Å². The number of carbonyl (C=O) groups excluding carboxylic acids is 1. The second kappa shape index (κ2) is 5.19. The summed E-state index contributed by atoms with van der Waals surface area (Å²) in [5, 5.41) is 11.4. The van der Waals surface area contributed by atoms with Gasteiger partial charge in [-0.3, -0.25) is 14.9 Å². The van der Waals surface area contributed by atoms with E-state index in [1.165, 1.54) is 0 Å². The molecule has 20 heavy (non-hydrogen) atoms. The van der Waals surface area contributed by atoms with Crippen molar-refractivity contribution in [3.05, 3.63) is 57.7 Å². The van der Waals surface area contributed by atoms with Crippen molar-refractivity contribution < 1.29 is 9.72 Å². The Balaban J connectivity index is 2.11. The summed E-state index contributed by atoms with van der Waals surface area (Å²) >= 11 is 0. The number of allylic oxidation sites excluding steroid dienone is 2. The molecule has 4 heteroatoms. The molecule has 0 aliphatic heterocycles. The van der Waals surface area contributed by atoms with Crippen LogP contribution in [0.25, 0.3) is 0 Å². The lowest BCUT2D eigenvalue weighted by Crippen LogP contribution is -2.44. The number of benzene rings is 1. The molecule has 2 aliphatic rings. The summed E-state index contributed by atoms with van der Waals surface area (Å²) in [4.78, 5) is 23.5. The van der Waals surface area contributed by atoms with Gasteiger partial charge in [-0.1, -0.05) is 36.4 Å². The summed E-state index contributed by atoms with van der Waals surface area (Å²) in [7, 11) is 0. The number of rotatable bonds is 1. The zero-order chi connectivity index (χ0) is 14.1. The molecule has 0 aromatic heterocycles. The van der Waals surface area contributed by atoms with Crippen LogP contribution in [0.3, 0.4) is 0 Å².